The fourth-order valence-electron chi connectivity index (χ4n) is 3.69. The number of aldehydes is 1. The molecule has 1 aromatic heterocycles. The number of anilines is 1. The van der Waals surface area contributed by atoms with Crippen LogP contribution in [0.4, 0.5) is 5.82 Å². The second kappa shape index (κ2) is 11.1. The van der Waals surface area contributed by atoms with Gasteiger partial charge in [-0.25, -0.2) is 4.98 Å². The molecular weight excluding hydrogens is 431 g/mol. The highest BCUT2D eigenvalue weighted by Crippen LogP contribution is 2.39. The molecule has 2 atom stereocenters. The van der Waals surface area contributed by atoms with Gasteiger partial charge >= 0.3 is 0 Å². The van der Waals surface area contributed by atoms with E-state index in [1.165, 1.54) is 0 Å². The summed E-state index contributed by atoms with van der Waals surface area (Å²) in [6.07, 6.45) is 4.27. The van der Waals surface area contributed by atoms with Crippen molar-refractivity contribution in [1.29, 1.82) is 0 Å². The molecule has 3 aromatic rings. The van der Waals surface area contributed by atoms with Gasteiger partial charge in [-0.05, 0) is 61.2 Å². The summed E-state index contributed by atoms with van der Waals surface area (Å²) < 4.78 is 0. The van der Waals surface area contributed by atoms with Crippen LogP contribution < -0.4 is 4.90 Å². The van der Waals surface area contributed by atoms with Crippen molar-refractivity contribution in [2.45, 2.75) is 32.2 Å². The highest BCUT2D eigenvalue weighted by molar-refractivity contribution is 6.30. The van der Waals surface area contributed by atoms with Gasteiger partial charge in [0.15, 0.2) is 0 Å². The Morgan fingerprint density at radius 2 is 1.65 bits per heavy atom. The van der Waals surface area contributed by atoms with E-state index in [9.17, 15) is 9.59 Å². The van der Waals surface area contributed by atoms with Gasteiger partial charge in [-0.3, -0.25) is 9.69 Å². The van der Waals surface area contributed by atoms with Gasteiger partial charge in [0.25, 0.3) is 0 Å². The van der Waals surface area contributed by atoms with E-state index in [4.69, 9.17) is 23.2 Å². The molecule has 2 aromatic carbocycles. The summed E-state index contributed by atoms with van der Waals surface area (Å²) in [5.41, 5.74) is 1.97. The van der Waals surface area contributed by atoms with Crippen molar-refractivity contribution in [3.8, 4) is 0 Å². The van der Waals surface area contributed by atoms with Crippen LogP contribution in [0, 0.1) is 12.8 Å². The number of piperidine rings is 1. The van der Waals surface area contributed by atoms with E-state index >= 15 is 0 Å². The summed E-state index contributed by atoms with van der Waals surface area (Å²) in [6, 6.07) is 20.7. The summed E-state index contributed by atoms with van der Waals surface area (Å²) >= 11 is 11.5. The Morgan fingerprint density at radius 3 is 2.23 bits per heavy atom. The van der Waals surface area contributed by atoms with Crippen LogP contribution in [0.3, 0.4) is 0 Å². The molecule has 4 rings (SSSR count). The second-order valence-electron chi connectivity index (χ2n) is 7.39. The average molecular weight is 455 g/mol. The lowest BCUT2D eigenvalue weighted by atomic mass is 9.86. The minimum absolute atomic E-state index is 0.0323. The number of rotatable bonds is 4. The largest absolute Gasteiger partial charge is 0.303 e. The molecule has 0 aliphatic carbocycles. The van der Waals surface area contributed by atoms with Gasteiger partial charge in [0.1, 0.15) is 12.1 Å². The highest BCUT2D eigenvalue weighted by atomic mass is 35.5. The Kier molecular flexibility index (Phi) is 8.21. The quantitative estimate of drug-likeness (QED) is 0.425. The van der Waals surface area contributed by atoms with Crippen LogP contribution in [0.15, 0.2) is 72.9 Å². The number of amides is 1. The van der Waals surface area contributed by atoms with Crippen LogP contribution in [0.2, 0.25) is 10.0 Å². The molecule has 4 nitrogen and oxygen atoms in total. The Morgan fingerprint density at radius 1 is 0.968 bits per heavy atom. The van der Waals surface area contributed by atoms with Gasteiger partial charge in [0.05, 0.1) is 6.04 Å². The molecule has 0 bridgehead atoms. The van der Waals surface area contributed by atoms with E-state index in [1.807, 2.05) is 73.7 Å². The summed E-state index contributed by atoms with van der Waals surface area (Å²) in [5, 5.41) is 1.46. The Bertz CT molecular complexity index is 1010. The van der Waals surface area contributed by atoms with E-state index in [2.05, 4.69) is 4.98 Å². The average Bonchev–Trinajstić information content (AvgIpc) is 2.77. The minimum atomic E-state index is -0.271. The Balaban J connectivity index is 0.000000330. The molecule has 1 amide bonds. The van der Waals surface area contributed by atoms with Gasteiger partial charge in [-0.1, -0.05) is 59.6 Å². The lowest BCUT2D eigenvalue weighted by Gasteiger charge is -2.39. The maximum Gasteiger partial charge on any atom is 0.232 e. The van der Waals surface area contributed by atoms with Crippen LogP contribution in [0.1, 0.15) is 36.4 Å². The summed E-state index contributed by atoms with van der Waals surface area (Å²) in [6.45, 7) is 1.94. The van der Waals surface area contributed by atoms with Crippen LogP contribution in [-0.2, 0) is 9.59 Å². The molecule has 0 spiro atoms. The van der Waals surface area contributed by atoms with Crippen LogP contribution in [0.25, 0.3) is 0 Å². The molecule has 1 saturated heterocycles. The molecule has 0 N–H and O–H groups in total. The predicted octanol–water partition coefficient (Wildman–Crippen LogP) is 6.46. The first kappa shape index (κ1) is 23.0. The van der Waals surface area contributed by atoms with E-state index in [1.54, 1.807) is 11.1 Å². The first-order valence-corrected chi connectivity index (χ1v) is 10.9. The zero-order valence-corrected chi connectivity index (χ0v) is 18.8. The smallest absolute Gasteiger partial charge is 0.232 e. The normalized spacial score (nSPS) is 18.2. The van der Waals surface area contributed by atoms with Crippen molar-refractivity contribution in [1.82, 2.24) is 4.98 Å². The third kappa shape index (κ3) is 5.93. The van der Waals surface area contributed by atoms with E-state index in [0.29, 0.717) is 17.3 Å². The number of carbonyl (C=O) groups is 2. The number of carbonyl (C=O) groups excluding carboxylic acids is 2. The maximum absolute atomic E-state index is 13.0. The van der Waals surface area contributed by atoms with Crippen molar-refractivity contribution in [3.05, 3.63) is 94.1 Å². The second-order valence-corrected chi connectivity index (χ2v) is 8.26. The number of aryl methyl sites for hydroxylation is 1. The molecule has 160 valence electrons. The number of aromatic nitrogens is 1. The maximum atomic E-state index is 13.0. The topological polar surface area (TPSA) is 50.3 Å². The molecule has 0 saturated carbocycles. The number of hydrogen-bond acceptors (Lipinski definition) is 3. The van der Waals surface area contributed by atoms with Crippen molar-refractivity contribution in [2.24, 2.45) is 5.92 Å². The molecule has 2 heterocycles. The monoisotopic (exact) mass is 454 g/mol. The number of benzene rings is 2. The Labute approximate surface area is 192 Å². The van der Waals surface area contributed by atoms with Crippen LogP contribution in [-0.4, -0.2) is 17.2 Å². The zero-order valence-electron chi connectivity index (χ0n) is 17.2. The number of hydrogen-bond donors (Lipinski definition) is 0. The lowest BCUT2D eigenvalue weighted by Crippen LogP contribution is -2.44. The molecule has 6 heteroatoms. The predicted molar refractivity (Wildman–Crippen MR) is 126 cm³/mol. The molecule has 31 heavy (non-hydrogen) atoms. The fourth-order valence-corrected chi connectivity index (χ4v) is 3.97. The molecule has 1 fully saturated rings. The summed E-state index contributed by atoms with van der Waals surface area (Å²) in [7, 11) is 0. The van der Waals surface area contributed by atoms with Gasteiger partial charge in [-0.2, -0.15) is 0 Å². The summed E-state index contributed by atoms with van der Waals surface area (Å²) in [5.74, 6) is 0.362. The van der Waals surface area contributed by atoms with Crippen LogP contribution in [0.5, 0.6) is 0 Å². The van der Waals surface area contributed by atoms with Crippen molar-refractivity contribution < 1.29 is 9.59 Å². The van der Waals surface area contributed by atoms with Gasteiger partial charge in [-0.15, -0.1) is 0 Å². The lowest BCUT2D eigenvalue weighted by molar-refractivity contribution is -0.126. The molecule has 1 aliphatic heterocycles. The molecule has 1 aliphatic rings. The molecule has 0 radical (unpaired) electrons. The number of halogens is 2. The number of nitrogens with zero attached hydrogens (tertiary/aromatic N) is 2. The SMILES string of the molecule is Cc1cccnc1N1C(=O)C(CC=O)CC[C@H]1c1ccc(Cl)cc1.Clc1ccccc1. The molecule has 1 unspecified atom stereocenters. The fraction of sp³-hybridized carbons (Fsp3) is 0.240. The first-order valence-electron chi connectivity index (χ1n) is 10.2. The van der Waals surface area contributed by atoms with E-state index < -0.39 is 0 Å². The van der Waals surface area contributed by atoms with Crippen molar-refractivity contribution >= 4 is 41.2 Å². The zero-order chi connectivity index (χ0) is 22.2. The van der Waals surface area contributed by atoms with Gasteiger partial charge in [0, 0.05) is 28.6 Å². The highest BCUT2D eigenvalue weighted by Gasteiger charge is 2.37. The summed E-state index contributed by atoms with van der Waals surface area (Å²) in [4.78, 5) is 30.1. The first-order chi connectivity index (χ1) is 15.0. The van der Waals surface area contributed by atoms with Crippen molar-refractivity contribution in [3.63, 3.8) is 0 Å². The third-order valence-corrected chi connectivity index (χ3v) is 5.77. The third-order valence-electron chi connectivity index (χ3n) is 5.27. The minimum Gasteiger partial charge on any atom is -0.303 e. The van der Waals surface area contributed by atoms with E-state index in [0.717, 1.165) is 28.9 Å². The Hall–Kier alpha value is -2.69. The van der Waals surface area contributed by atoms with E-state index in [-0.39, 0.29) is 24.3 Å². The van der Waals surface area contributed by atoms with Crippen LogP contribution >= 0.6 is 23.2 Å². The number of pyridine rings is 1. The van der Waals surface area contributed by atoms with Gasteiger partial charge in [0.2, 0.25) is 5.91 Å². The standard InChI is InChI=1S/C19H19ClN2O2.C6H5Cl/c1-13-3-2-11-21-18(13)22-17(14-4-7-16(20)8-5-14)9-6-15(10-12-23)19(22)24;7-6-4-2-1-3-5-6/h2-5,7-8,11-12,15,17H,6,9-10H2,1H3;1-5H/t15?,17-;/m0./s1. The van der Waals surface area contributed by atoms with Crippen molar-refractivity contribution in [2.75, 3.05) is 4.90 Å². The van der Waals surface area contributed by atoms with Gasteiger partial charge < -0.3 is 4.79 Å². The molecular formula is C25H24Cl2N2O2.